The number of carboxylic acid groups (broad SMARTS) is 1. The van der Waals surface area contributed by atoms with Gasteiger partial charge in [0.1, 0.15) is 22.5 Å². The van der Waals surface area contributed by atoms with Gasteiger partial charge in [0.05, 0.1) is 0 Å². The molecule has 0 saturated carbocycles. The molecule has 124 valence electrons. The van der Waals surface area contributed by atoms with Crippen molar-refractivity contribution in [3.63, 3.8) is 0 Å². The van der Waals surface area contributed by atoms with Crippen LogP contribution in [0.3, 0.4) is 0 Å². The second kappa shape index (κ2) is 7.66. The molecule has 1 aromatic heterocycles. The molecular weight excluding hydrogens is 333 g/mol. The van der Waals surface area contributed by atoms with Crippen LogP contribution in [0.5, 0.6) is 0 Å². The summed E-state index contributed by atoms with van der Waals surface area (Å²) in [6, 6.07) is 7.66. The standard InChI is InChI=1S/C16H14FN3O3S/c1-9(5-6-13(21)22)15(23)20-16-19-14(12(8-18)24-16)10-3-2-4-11(17)7-10/h2-4,7,9H,5-6H2,1H3,(H,21,22)(H,19,20,23)/t9-/m1/s1. The number of carboxylic acids is 1. The van der Waals surface area contributed by atoms with Gasteiger partial charge in [-0.1, -0.05) is 30.4 Å². The molecule has 8 heteroatoms. The van der Waals surface area contributed by atoms with Gasteiger partial charge in [0, 0.05) is 17.9 Å². The lowest BCUT2D eigenvalue weighted by Crippen LogP contribution is -2.21. The van der Waals surface area contributed by atoms with Crippen molar-refractivity contribution in [2.75, 3.05) is 5.32 Å². The molecule has 6 nitrogen and oxygen atoms in total. The monoisotopic (exact) mass is 347 g/mol. The Bertz CT molecular complexity index is 813. The third kappa shape index (κ3) is 4.36. The third-order valence-electron chi connectivity index (χ3n) is 3.30. The van der Waals surface area contributed by atoms with E-state index < -0.39 is 17.7 Å². The van der Waals surface area contributed by atoms with E-state index in [2.05, 4.69) is 10.3 Å². The van der Waals surface area contributed by atoms with Crippen LogP contribution in [-0.2, 0) is 9.59 Å². The van der Waals surface area contributed by atoms with Gasteiger partial charge in [-0.05, 0) is 18.6 Å². The average Bonchev–Trinajstić information content (AvgIpc) is 2.95. The van der Waals surface area contributed by atoms with Crippen LogP contribution in [0.2, 0.25) is 0 Å². The summed E-state index contributed by atoms with van der Waals surface area (Å²) >= 11 is 0.987. The second-order valence-electron chi connectivity index (χ2n) is 5.14. The van der Waals surface area contributed by atoms with E-state index in [9.17, 15) is 19.2 Å². The molecule has 0 bridgehead atoms. The minimum absolute atomic E-state index is 0.107. The molecule has 0 spiro atoms. The highest BCUT2D eigenvalue weighted by molar-refractivity contribution is 7.16. The predicted octanol–water partition coefficient (Wildman–Crippen LogP) is 3.26. The fourth-order valence-corrected chi connectivity index (χ4v) is 2.77. The molecule has 1 aromatic carbocycles. The van der Waals surface area contributed by atoms with Crippen LogP contribution in [-0.4, -0.2) is 22.0 Å². The number of amides is 1. The Kier molecular flexibility index (Phi) is 5.60. The van der Waals surface area contributed by atoms with Crippen molar-refractivity contribution in [3.05, 3.63) is 35.0 Å². The number of carbonyl (C=O) groups is 2. The fraction of sp³-hybridized carbons (Fsp3) is 0.250. The summed E-state index contributed by atoms with van der Waals surface area (Å²) in [7, 11) is 0. The average molecular weight is 347 g/mol. The van der Waals surface area contributed by atoms with Crippen LogP contribution in [0.4, 0.5) is 9.52 Å². The van der Waals surface area contributed by atoms with E-state index in [1.165, 1.54) is 18.2 Å². The van der Waals surface area contributed by atoms with Gasteiger partial charge in [0.2, 0.25) is 5.91 Å². The van der Waals surface area contributed by atoms with E-state index in [1.54, 1.807) is 13.0 Å². The zero-order valence-electron chi connectivity index (χ0n) is 12.7. The number of benzene rings is 1. The number of anilines is 1. The van der Waals surface area contributed by atoms with Crippen molar-refractivity contribution in [1.29, 1.82) is 5.26 Å². The highest BCUT2D eigenvalue weighted by Gasteiger charge is 2.19. The Morgan fingerprint density at radius 3 is 2.88 bits per heavy atom. The van der Waals surface area contributed by atoms with Crippen molar-refractivity contribution in [2.45, 2.75) is 19.8 Å². The Labute approximate surface area is 141 Å². The maximum Gasteiger partial charge on any atom is 0.303 e. The number of nitrogens with zero attached hydrogens (tertiary/aromatic N) is 2. The molecule has 0 saturated heterocycles. The topological polar surface area (TPSA) is 103 Å². The molecule has 2 rings (SSSR count). The van der Waals surface area contributed by atoms with Gasteiger partial charge < -0.3 is 10.4 Å². The fourth-order valence-electron chi connectivity index (χ4n) is 1.98. The molecule has 24 heavy (non-hydrogen) atoms. The number of thiazole rings is 1. The van der Waals surface area contributed by atoms with Crippen molar-refractivity contribution >= 4 is 28.3 Å². The van der Waals surface area contributed by atoms with E-state index in [0.29, 0.717) is 11.3 Å². The summed E-state index contributed by atoms with van der Waals surface area (Å²) in [5.41, 5.74) is 0.748. The van der Waals surface area contributed by atoms with E-state index in [1.807, 2.05) is 6.07 Å². The van der Waals surface area contributed by atoms with Crippen molar-refractivity contribution in [2.24, 2.45) is 5.92 Å². The summed E-state index contributed by atoms with van der Waals surface area (Å²) < 4.78 is 13.3. The van der Waals surface area contributed by atoms with Gasteiger partial charge in [-0.3, -0.25) is 9.59 Å². The lowest BCUT2D eigenvalue weighted by atomic mass is 10.1. The van der Waals surface area contributed by atoms with E-state index in [0.717, 1.165) is 11.3 Å². The molecule has 0 unspecified atom stereocenters. The summed E-state index contributed by atoms with van der Waals surface area (Å²) in [5, 5.41) is 20.6. The summed E-state index contributed by atoms with van der Waals surface area (Å²) in [5.74, 6) is -2.30. The number of aliphatic carboxylic acids is 1. The van der Waals surface area contributed by atoms with E-state index >= 15 is 0 Å². The SMILES string of the molecule is C[C@H](CCC(=O)O)C(=O)Nc1nc(-c2cccc(F)c2)c(C#N)s1. The minimum atomic E-state index is -0.968. The van der Waals surface area contributed by atoms with Crippen LogP contribution in [0.1, 0.15) is 24.6 Å². The molecule has 2 aromatic rings. The maximum atomic E-state index is 13.3. The van der Waals surface area contributed by atoms with Gasteiger partial charge in [0.15, 0.2) is 5.13 Å². The van der Waals surface area contributed by atoms with Crippen molar-refractivity contribution in [3.8, 4) is 17.3 Å². The first-order valence-corrected chi connectivity index (χ1v) is 7.92. The molecular formula is C16H14FN3O3S. The van der Waals surface area contributed by atoms with Crippen molar-refractivity contribution in [1.82, 2.24) is 4.98 Å². The number of halogens is 1. The highest BCUT2D eigenvalue weighted by Crippen LogP contribution is 2.31. The normalized spacial score (nSPS) is 11.5. The molecule has 0 aliphatic heterocycles. The maximum absolute atomic E-state index is 13.3. The number of hydrogen-bond donors (Lipinski definition) is 2. The first-order valence-electron chi connectivity index (χ1n) is 7.10. The van der Waals surface area contributed by atoms with Crippen LogP contribution >= 0.6 is 11.3 Å². The Balaban J connectivity index is 2.17. The van der Waals surface area contributed by atoms with Gasteiger partial charge in [-0.2, -0.15) is 5.26 Å². The summed E-state index contributed by atoms with van der Waals surface area (Å²) in [6.45, 7) is 1.62. The Morgan fingerprint density at radius 2 is 2.25 bits per heavy atom. The smallest absolute Gasteiger partial charge is 0.303 e. The van der Waals surface area contributed by atoms with Gasteiger partial charge >= 0.3 is 5.97 Å². The number of aromatic nitrogens is 1. The predicted molar refractivity (Wildman–Crippen MR) is 86.9 cm³/mol. The minimum Gasteiger partial charge on any atom is -0.481 e. The number of nitriles is 1. The highest BCUT2D eigenvalue weighted by atomic mass is 32.1. The molecule has 0 aliphatic carbocycles. The third-order valence-corrected chi connectivity index (χ3v) is 4.17. The Hall–Kier alpha value is -2.79. The second-order valence-corrected chi connectivity index (χ2v) is 6.14. The lowest BCUT2D eigenvalue weighted by molar-refractivity contribution is -0.137. The Morgan fingerprint density at radius 1 is 1.50 bits per heavy atom. The zero-order chi connectivity index (χ0) is 17.7. The molecule has 1 atom stereocenters. The zero-order valence-corrected chi connectivity index (χ0v) is 13.6. The number of rotatable bonds is 6. The number of carbonyl (C=O) groups excluding carboxylic acids is 1. The molecule has 2 N–H and O–H groups in total. The van der Waals surface area contributed by atoms with Crippen molar-refractivity contribution < 1.29 is 19.1 Å². The molecule has 0 fully saturated rings. The number of hydrogen-bond acceptors (Lipinski definition) is 5. The van der Waals surface area contributed by atoms with E-state index in [-0.39, 0.29) is 28.8 Å². The first kappa shape index (κ1) is 17.6. The van der Waals surface area contributed by atoms with Crippen LogP contribution < -0.4 is 5.32 Å². The lowest BCUT2D eigenvalue weighted by Gasteiger charge is -2.08. The molecule has 1 heterocycles. The molecule has 0 aliphatic rings. The molecule has 1 amide bonds. The van der Waals surface area contributed by atoms with E-state index in [4.69, 9.17) is 5.11 Å². The van der Waals surface area contributed by atoms with Crippen LogP contribution in [0.25, 0.3) is 11.3 Å². The quantitative estimate of drug-likeness (QED) is 0.835. The largest absolute Gasteiger partial charge is 0.481 e. The van der Waals surface area contributed by atoms with Crippen LogP contribution in [0.15, 0.2) is 24.3 Å². The van der Waals surface area contributed by atoms with Gasteiger partial charge in [-0.15, -0.1) is 0 Å². The molecule has 0 radical (unpaired) electrons. The number of nitrogens with one attached hydrogen (secondary N) is 1. The summed E-state index contributed by atoms with van der Waals surface area (Å²) in [6.07, 6.45) is 0.0961. The van der Waals surface area contributed by atoms with Gasteiger partial charge in [0.25, 0.3) is 0 Å². The first-order chi connectivity index (χ1) is 11.4. The van der Waals surface area contributed by atoms with Crippen LogP contribution in [0, 0.1) is 23.1 Å². The summed E-state index contributed by atoms with van der Waals surface area (Å²) in [4.78, 5) is 27.0. The van der Waals surface area contributed by atoms with Gasteiger partial charge in [-0.25, -0.2) is 9.37 Å².